The van der Waals surface area contributed by atoms with Gasteiger partial charge >= 0.3 is 12.3 Å². The van der Waals surface area contributed by atoms with E-state index in [-0.39, 0.29) is 24.3 Å². The molecule has 0 spiro atoms. The number of nitrogens with two attached hydrogens (primary N) is 1. The highest BCUT2D eigenvalue weighted by Crippen LogP contribution is 2.42. The van der Waals surface area contributed by atoms with E-state index in [1.807, 2.05) is 6.07 Å². The largest absolute Gasteiger partial charge is 0.465 e. The molecule has 4 atom stereocenters. The average molecular weight is 468 g/mol. The quantitative estimate of drug-likeness (QED) is 0.575. The van der Waals surface area contributed by atoms with Crippen molar-refractivity contribution in [3.05, 3.63) is 41.8 Å². The highest BCUT2D eigenvalue weighted by atomic mass is 19.4. The molecule has 9 nitrogen and oxygen atoms in total. The second-order valence-corrected chi connectivity index (χ2v) is 7.68. The van der Waals surface area contributed by atoms with Crippen LogP contribution in [0.2, 0.25) is 0 Å². The minimum atomic E-state index is -4.74. The van der Waals surface area contributed by atoms with Gasteiger partial charge in [-0.1, -0.05) is 6.92 Å². The number of anilines is 2. The Morgan fingerprint density at radius 3 is 2.48 bits per heavy atom. The Kier molecular flexibility index (Phi) is 6.48. The fourth-order valence-corrected chi connectivity index (χ4v) is 3.98. The SMILES string of the molecule is CC(C1[C@H](C#N)[C@@H](n2cc(C(N)=O)c(Nc3ccc(F)cc3)n2)CCN1C(=O)O)C(F)(F)F. The van der Waals surface area contributed by atoms with Gasteiger partial charge in [-0.2, -0.15) is 23.5 Å². The predicted octanol–water partition coefficient (Wildman–Crippen LogP) is 3.50. The third-order valence-corrected chi connectivity index (χ3v) is 5.68. The Morgan fingerprint density at radius 2 is 1.97 bits per heavy atom. The van der Waals surface area contributed by atoms with Crippen LogP contribution in [0.15, 0.2) is 30.5 Å². The van der Waals surface area contributed by atoms with Crippen LogP contribution in [0.25, 0.3) is 0 Å². The summed E-state index contributed by atoms with van der Waals surface area (Å²) < 4.78 is 54.8. The number of aromatic nitrogens is 2. The van der Waals surface area contributed by atoms with Gasteiger partial charge in [-0.3, -0.25) is 9.48 Å². The molecule has 13 heteroatoms. The number of likely N-dealkylation sites (tertiary alicyclic amines) is 1. The van der Waals surface area contributed by atoms with Gasteiger partial charge in [0.2, 0.25) is 0 Å². The lowest BCUT2D eigenvalue weighted by Gasteiger charge is -2.44. The van der Waals surface area contributed by atoms with Gasteiger partial charge in [-0.05, 0) is 30.7 Å². The molecule has 33 heavy (non-hydrogen) atoms. The van der Waals surface area contributed by atoms with Crippen LogP contribution in [0.5, 0.6) is 0 Å². The summed E-state index contributed by atoms with van der Waals surface area (Å²) in [6.45, 7) is 0.558. The van der Waals surface area contributed by atoms with Gasteiger partial charge in [0.05, 0.1) is 30.0 Å². The number of hydrogen-bond donors (Lipinski definition) is 3. The summed E-state index contributed by atoms with van der Waals surface area (Å²) in [6, 6.07) is 4.26. The minimum absolute atomic E-state index is 0.0124. The van der Waals surface area contributed by atoms with Gasteiger partial charge in [0.15, 0.2) is 5.82 Å². The van der Waals surface area contributed by atoms with Crippen molar-refractivity contribution in [3.63, 3.8) is 0 Å². The first-order valence-corrected chi connectivity index (χ1v) is 9.81. The molecule has 1 aromatic carbocycles. The number of nitrogens with zero attached hydrogens (tertiary/aromatic N) is 4. The van der Waals surface area contributed by atoms with E-state index >= 15 is 0 Å². The smallest absolute Gasteiger partial charge is 0.407 e. The minimum Gasteiger partial charge on any atom is -0.465 e. The number of carbonyl (C=O) groups is 2. The summed E-state index contributed by atoms with van der Waals surface area (Å²) in [4.78, 5) is 24.2. The Morgan fingerprint density at radius 1 is 1.33 bits per heavy atom. The highest BCUT2D eigenvalue weighted by Gasteiger charge is 2.52. The highest BCUT2D eigenvalue weighted by molar-refractivity contribution is 5.98. The van der Waals surface area contributed by atoms with Crippen LogP contribution in [-0.4, -0.2) is 50.6 Å². The van der Waals surface area contributed by atoms with Crippen molar-refractivity contribution in [2.24, 2.45) is 17.6 Å². The van der Waals surface area contributed by atoms with Gasteiger partial charge in [0, 0.05) is 18.4 Å². The Balaban J connectivity index is 2.00. The van der Waals surface area contributed by atoms with Gasteiger partial charge in [-0.25, -0.2) is 9.18 Å². The first-order valence-electron chi connectivity index (χ1n) is 9.81. The molecule has 4 N–H and O–H groups in total. The number of benzene rings is 1. The normalized spacial score (nSPS) is 21.8. The van der Waals surface area contributed by atoms with Crippen molar-refractivity contribution in [1.82, 2.24) is 14.7 Å². The Bertz CT molecular complexity index is 1080. The molecule has 0 bridgehead atoms. The Labute approximate surface area is 185 Å². The number of amides is 2. The van der Waals surface area contributed by atoms with Crippen LogP contribution in [-0.2, 0) is 0 Å². The average Bonchev–Trinajstić information content (AvgIpc) is 3.16. The van der Waals surface area contributed by atoms with E-state index in [1.165, 1.54) is 30.5 Å². The molecular weight excluding hydrogens is 448 g/mol. The van der Waals surface area contributed by atoms with E-state index in [9.17, 15) is 37.5 Å². The molecule has 2 amide bonds. The van der Waals surface area contributed by atoms with E-state index in [0.29, 0.717) is 10.6 Å². The molecule has 0 saturated carbocycles. The second kappa shape index (κ2) is 8.97. The van der Waals surface area contributed by atoms with Crippen molar-refractivity contribution in [2.45, 2.75) is 31.6 Å². The second-order valence-electron chi connectivity index (χ2n) is 7.68. The molecule has 1 saturated heterocycles. The number of nitriles is 1. The van der Waals surface area contributed by atoms with Crippen LogP contribution in [0, 0.1) is 29.0 Å². The molecule has 176 valence electrons. The van der Waals surface area contributed by atoms with Gasteiger partial charge < -0.3 is 21.1 Å². The molecule has 0 radical (unpaired) electrons. The summed E-state index contributed by atoms with van der Waals surface area (Å²) in [7, 11) is 0. The molecule has 3 rings (SSSR count). The summed E-state index contributed by atoms with van der Waals surface area (Å²) in [5.74, 6) is -4.95. The van der Waals surface area contributed by atoms with E-state index in [0.717, 1.165) is 11.6 Å². The summed E-state index contributed by atoms with van der Waals surface area (Å²) in [5, 5.41) is 26.2. The van der Waals surface area contributed by atoms with Crippen LogP contribution < -0.4 is 11.1 Å². The first-order chi connectivity index (χ1) is 15.4. The van der Waals surface area contributed by atoms with Crippen LogP contribution >= 0.6 is 0 Å². The standard InChI is InChI=1S/C20H20F4N6O3/c1-10(20(22,23)24)16-13(8-25)15(6-7-29(16)19(32)33)30-9-14(17(26)31)18(28-30)27-12-4-2-11(21)3-5-12/h2-5,9-10,13,15-16H,6-7H2,1H3,(H2,26,31)(H,27,28)(H,32,33)/t10?,13-,15+,16?/m1/s1. The molecular formula is C20H20F4N6O3. The number of carboxylic acid groups (broad SMARTS) is 1. The molecule has 1 aliphatic heterocycles. The van der Waals surface area contributed by atoms with Gasteiger partial charge in [0.1, 0.15) is 11.4 Å². The lowest BCUT2D eigenvalue weighted by molar-refractivity contribution is -0.192. The fraction of sp³-hybridized carbons (Fsp3) is 0.400. The van der Waals surface area contributed by atoms with Crippen molar-refractivity contribution in [3.8, 4) is 6.07 Å². The van der Waals surface area contributed by atoms with Crippen molar-refractivity contribution < 1.29 is 32.3 Å². The zero-order chi connectivity index (χ0) is 24.5. The maximum Gasteiger partial charge on any atom is 0.407 e. The Hall–Kier alpha value is -3.82. The molecule has 2 unspecified atom stereocenters. The number of rotatable bonds is 5. The van der Waals surface area contributed by atoms with Gasteiger partial charge in [-0.15, -0.1) is 0 Å². The van der Waals surface area contributed by atoms with Crippen molar-refractivity contribution in [2.75, 3.05) is 11.9 Å². The number of alkyl halides is 3. The number of primary amides is 1. The molecule has 1 aliphatic rings. The third kappa shape index (κ3) is 4.84. The first kappa shape index (κ1) is 23.8. The number of hydrogen-bond acceptors (Lipinski definition) is 5. The lowest BCUT2D eigenvalue weighted by atomic mass is 9.79. The summed E-state index contributed by atoms with van der Waals surface area (Å²) in [5.41, 5.74) is 5.67. The fourth-order valence-electron chi connectivity index (χ4n) is 3.98. The predicted molar refractivity (Wildman–Crippen MR) is 107 cm³/mol. The molecule has 2 aromatic rings. The summed E-state index contributed by atoms with van der Waals surface area (Å²) in [6.07, 6.45) is -5.12. The van der Waals surface area contributed by atoms with Crippen molar-refractivity contribution in [1.29, 1.82) is 5.26 Å². The maximum atomic E-state index is 13.5. The van der Waals surface area contributed by atoms with E-state index in [1.54, 1.807) is 0 Å². The topological polar surface area (TPSA) is 137 Å². The van der Waals surface area contributed by atoms with E-state index < -0.39 is 47.9 Å². The van der Waals surface area contributed by atoms with Crippen molar-refractivity contribution >= 4 is 23.5 Å². The molecule has 2 heterocycles. The summed E-state index contributed by atoms with van der Waals surface area (Å²) >= 11 is 0. The molecule has 1 fully saturated rings. The van der Waals surface area contributed by atoms with Crippen LogP contribution in [0.3, 0.4) is 0 Å². The third-order valence-electron chi connectivity index (χ3n) is 5.68. The number of carbonyl (C=O) groups excluding carboxylic acids is 1. The van der Waals surface area contributed by atoms with E-state index in [4.69, 9.17) is 5.73 Å². The number of nitrogens with one attached hydrogen (secondary N) is 1. The van der Waals surface area contributed by atoms with Crippen LogP contribution in [0.4, 0.5) is 33.9 Å². The van der Waals surface area contributed by atoms with E-state index in [2.05, 4.69) is 10.4 Å². The zero-order valence-corrected chi connectivity index (χ0v) is 17.3. The molecule has 1 aromatic heterocycles. The lowest BCUT2D eigenvalue weighted by Crippen LogP contribution is -2.56. The number of piperidine rings is 1. The van der Waals surface area contributed by atoms with Crippen LogP contribution in [0.1, 0.15) is 29.7 Å². The maximum absolute atomic E-state index is 13.5. The monoisotopic (exact) mass is 468 g/mol. The molecule has 0 aliphatic carbocycles. The zero-order valence-electron chi connectivity index (χ0n) is 17.3. The number of halogens is 4. The van der Waals surface area contributed by atoms with Gasteiger partial charge in [0.25, 0.3) is 5.91 Å².